The standard InChI is InChI=1S/C32H24N2O3/c1-20-15-17-23(18-16-20)33-31(35)28-29(34(37-30(28)32(33)36)24-11-3-2-4-12-24)27-25-13-7-5-9-21(25)19-22-10-6-8-14-26(22)27/h2-19,28-30H,1H3/t28-,29-,30-/m0/s1. The minimum atomic E-state index is -0.906. The molecule has 0 unspecified atom stereocenters. The van der Waals surface area contributed by atoms with E-state index in [0.717, 1.165) is 38.4 Å². The number of amides is 2. The van der Waals surface area contributed by atoms with Gasteiger partial charge in [-0.1, -0.05) is 84.4 Å². The zero-order valence-electron chi connectivity index (χ0n) is 20.2. The fourth-order valence-electron chi connectivity index (χ4n) is 5.82. The maximum Gasteiger partial charge on any atom is 0.266 e. The predicted octanol–water partition coefficient (Wildman–Crippen LogP) is 6.35. The average Bonchev–Trinajstić information content (AvgIpc) is 3.44. The van der Waals surface area contributed by atoms with Crippen molar-refractivity contribution in [3.8, 4) is 0 Å². The Kier molecular flexibility index (Phi) is 4.88. The van der Waals surface area contributed by atoms with E-state index in [2.05, 4.69) is 30.3 Å². The third-order valence-electron chi connectivity index (χ3n) is 7.53. The molecule has 5 nitrogen and oxygen atoms in total. The van der Waals surface area contributed by atoms with E-state index in [4.69, 9.17) is 4.84 Å². The molecule has 2 saturated heterocycles. The van der Waals surface area contributed by atoms with Gasteiger partial charge in [0.1, 0.15) is 5.92 Å². The van der Waals surface area contributed by atoms with Crippen molar-refractivity contribution in [1.29, 1.82) is 0 Å². The topological polar surface area (TPSA) is 49.9 Å². The van der Waals surface area contributed by atoms with Crippen LogP contribution in [-0.4, -0.2) is 17.9 Å². The first-order valence-electron chi connectivity index (χ1n) is 12.5. The zero-order chi connectivity index (χ0) is 25.1. The second-order valence-corrected chi connectivity index (χ2v) is 9.74. The van der Waals surface area contributed by atoms with Crippen LogP contribution in [0.25, 0.3) is 21.5 Å². The van der Waals surface area contributed by atoms with Crippen LogP contribution < -0.4 is 9.96 Å². The molecule has 37 heavy (non-hydrogen) atoms. The summed E-state index contributed by atoms with van der Waals surface area (Å²) in [6.07, 6.45) is -0.906. The van der Waals surface area contributed by atoms with Crippen LogP contribution >= 0.6 is 0 Å². The second-order valence-electron chi connectivity index (χ2n) is 9.74. The molecule has 0 N–H and O–H groups in total. The summed E-state index contributed by atoms with van der Waals surface area (Å²) < 4.78 is 0. The maximum atomic E-state index is 14.1. The van der Waals surface area contributed by atoms with Gasteiger partial charge in [0.05, 0.1) is 17.4 Å². The van der Waals surface area contributed by atoms with Gasteiger partial charge in [0.2, 0.25) is 5.91 Å². The number of imide groups is 1. The molecular weight excluding hydrogens is 460 g/mol. The first-order chi connectivity index (χ1) is 18.1. The molecule has 7 rings (SSSR count). The van der Waals surface area contributed by atoms with Crippen molar-refractivity contribution in [2.75, 3.05) is 9.96 Å². The largest absolute Gasteiger partial charge is 0.273 e. The maximum absolute atomic E-state index is 14.1. The molecule has 0 spiro atoms. The summed E-state index contributed by atoms with van der Waals surface area (Å²) in [7, 11) is 0. The van der Waals surface area contributed by atoms with Crippen molar-refractivity contribution >= 4 is 44.7 Å². The predicted molar refractivity (Wildman–Crippen MR) is 145 cm³/mol. The van der Waals surface area contributed by atoms with Crippen molar-refractivity contribution in [1.82, 2.24) is 0 Å². The van der Waals surface area contributed by atoms with E-state index < -0.39 is 18.1 Å². The molecule has 0 radical (unpaired) electrons. The van der Waals surface area contributed by atoms with Crippen LogP contribution in [0, 0.1) is 12.8 Å². The third-order valence-corrected chi connectivity index (χ3v) is 7.53. The molecular formula is C32H24N2O3. The Morgan fingerprint density at radius 2 is 1.24 bits per heavy atom. The SMILES string of the molecule is Cc1ccc(N2C(=O)[C@@H]3[C@H](ON(c4ccccc4)[C@H]3c3c4ccccc4cc4ccccc34)C2=O)cc1. The van der Waals surface area contributed by atoms with E-state index in [9.17, 15) is 9.59 Å². The van der Waals surface area contributed by atoms with Crippen LogP contribution in [0.3, 0.4) is 0 Å². The van der Waals surface area contributed by atoms with Crippen LogP contribution in [0.15, 0.2) is 109 Å². The normalized spacial score (nSPS) is 21.3. The molecule has 180 valence electrons. The molecule has 2 amide bonds. The molecule has 2 aliphatic heterocycles. The van der Waals surface area contributed by atoms with E-state index in [1.807, 2.05) is 85.8 Å². The molecule has 2 aliphatic rings. The van der Waals surface area contributed by atoms with Crippen LogP contribution in [0.4, 0.5) is 11.4 Å². The van der Waals surface area contributed by atoms with Gasteiger partial charge >= 0.3 is 0 Å². The molecule has 5 aromatic carbocycles. The lowest BCUT2D eigenvalue weighted by atomic mass is 9.84. The van der Waals surface area contributed by atoms with Crippen molar-refractivity contribution in [2.24, 2.45) is 5.92 Å². The van der Waals surface area contributed by atoms with E-state index in [1.54, 1.807) is 5.06 Å². The lowest BCUT2D eigenvalue weighted by Gasteiger charge is -2.30. The van der Waals surface area contributed by atoms with Gasteiger partial charge in [0, 0.05) is 0 Å². The van der Waals surface area contributed by atoms with E-state index in [0.29, 0.717) is 5.69 Å². The lowest BCUT2D eigenvalue weighted by Crippen LogP contribution is -2.37. The van der Waals surface area contributed by atoms with Crippen molar-refractivity contribution in [2.45, 2.75) is 19.1 Å². The summed E-state index contributed by atoms with van der Waals surface area (Å²) in [6, 6.07) is 35.3. The molecule has 0 saturated carbocycles. The molecule has 2 heterocycles. The highest BCUT2D eigenvalue weighted by Crippen LogP contribution is 2.50. The van der Waals surface area contributed by atoms with Crippen molar-refractivity contribution in [3.63, 3.8) is 0 Å². The van der Waals surface area contributed by atoms with Crippen molar-refractivity contribution in [3.05, 3.63) is 120 Å². The number of aryl methyl sites for hydroxylation is 1. The molecule has 5 aromatic rings. The molecule has 0 aromatic heterocycles. The zero-order valence-corrected chi connectivity index (χ0v) is 20.2. The average molecular weight is 485 g/mol. The van der Waals surface area contributed by atoms with Gasteiger partial charge in [-0.05, 0) is 64.4 Å². The molecule has 5 heteroatoms. The Hall–Kier alpha value is -4.48. The number of carbonyl (C=O) groups is 2. The summed E-state index contributed by atoms with van der Waals surface area (Å²) in [5, 5.41) is 6.04. The Bertz CT molecular complexity index is 1630. The number of benzene rings is 5. The fourth-order valence-corrected chi connectivity index (χ4v) is 5.82. The molecule has 0 aliphatic carbocycles. The summed E-state index contributed by atoms with van der Waals surface area (Å²) in [4.78, 5) is 35.5. The summed E-state index contributed by atoms with van der Waals surface area (Å²) in [5.41, 5.74) is 3.44. The Morgan fingerprint density at radius 3 is 1.89 bits per heavy atom. The van der Waals surface area contributed by atoms with Crippen LogP contribution in [-0.2, 0) is 14.4 Å². The Morgan fingerprint density at radius 1 is 0.649 bits per heavy atom. The number of rotatable bonds is 3. The van der Waals surface area contributed by atoms with Gasteiger partial charge < -0.3 is 0 Å². The molecule has 3 atom stereocenters. The molecule has 2 fully saturated rings. The lowest BCUT2D eigenvalue weighted by molar-refractivity contribution is -0.126. The highest BCUT2D eigenvalue weighted by molar-refractivity contribution is 6.24. The van der Waals surface area contributed by atoms with Crippen LogP contribution in [0.1, 0.15) is 17.2 Å². The van der Waals surface area contributed by atoms with Crippen molar-refractivity contribution < 1.29 is 14.4 Å². The Balaban J connectivity index is 1.47. The fraction of sp³-hybridized carbons (Fsp3) is 0.125. The van der Waals surface area contributed by atoms with E-state index in [1.165, 1.54) is 4.90 Å². The number of para-hydroxylation sites is 1. The number of anilines is 2. The third kappa shape index (κ3) is 3.28. The van der Waals surface area contributed by atoms with E-state index >= 15 is 0 Å². The smallest absolute Gasteiger partial charge is 0.266 e. The second kappa shape index (κ2) is 8.29. The number of fused-ring (bicyclic) bond motifs is 3. The van der Waals surface area contributed by atoms with Gasteiger partial charge in [-0.3, -0.25) is 14.4 Å². The van der Waals surface area contributed by atoms with Gasteiger partial charge in [0.15, 0.2) is 6.10 Å². The first kappa shape index (κ1) is 21.8. The summed E-state index contributed by atoms with van der Waals surface area (Å²) >= 11 is 0. The first-order valence-corrected chi connectivity index (χ1v) is 12.5. The summed E-state index contributed by atoms with van der Waals surface area (Å²) in [6.45, 7) is 1.98. The number of hydrogen-bond acceptors (Lipinski definition) is 4. The number of carbonyl (C=O) groups excluding carboxylic acids is 2. The van der Waals surface area contributed by atoms with Gasteiger partial charge in [-0.25, -0.2) is 9.96 Å². The highest BCUT2D eigenvalue weighted by atomic mass is 16.7. The van der Waals surface area contributed by atoms with Gasteiger partial charge in [-0.2, -0.15) is 0 Å². The van der Waals surface area contributed by atoms with Gasteiger partial charge in [0.25, 0.3) is 5.91 Å². The minimum absolute atomic E-state index is 0.237. The molecule has 0 bridgehead atoms. The van der Waals surface area contributed by atoms with Crippen LogP contribution in [0.5, 0.6) is 0 Å². The quantitative estimate of drug-likeness (QED) is 0.221. The minimum Gasteiger partial charge on any atom is -0.273 e. The van der Waals surface area contributed by atoms with E-state index in [-0.39, 0.29) is 11.8 Å². The summed E-state index contributed by atoms with van der Waals surface area (Å²) in [5.74, 6) is -1.26. The highest BCUT2D eigenvalue weighted by Gasteiger charge is 2.60. The van der Waals surface area contributed by atoms with Gasteiger partial charge in [-0.15, -0.1) is 0 Å². The van der Waals surface area contributed by atoms with Crippen LogP contribution in [0.2, 0.25) is 0 Å². The monoisotopic (exact) mass is 484 g/mol. The number of hydrogen-bond donors (Lipinski definition) is 0. The number of nitrogens with zero attached hydrogens (tertiary/aromatic N) is 2. The Labute approximate surface area is 214 Å². The number of hydroxylamine groups is 1.